The van der Waals surface area contributed by atoms with Crippen molar-refractivity contribution in [2.24, 2.45) is 5.92 Å². The number of nitrogens with zero attached hydrogens (tertiary/aromatic N) is 1. The summed E-state index contributed by atoms with van der Waals surface area (Å²) in [7, 11) is 0. The number of hydrogen-bond donors (Lipinski definition) is 2. The Balaban J connectivity index is 0.00000205. The Morgan fingerprint density at radius 1 is 1.31 bits per heavy atom. The smallest absolute Gasteiger partial charge is 0.310 e. The molecule has 3 aliphatic rings. The summed E-state index contributed by atoms with van der Waals surface area (Å²) < 4.78 is 5.82. The van der Waals surface area contributed by atoms with Gasteiger partial charge in [0.25, 0.3) is 0 Å². The predicted octanol–water partition coefficient (Wildman–Crippen LogP) is 3.94. The van der Waals surface area contributed by atoms with Crippen molar-refractivity contribution in [1.29, 1.82) is 0 Å². The molecule has 0 spiro atoms. The molecular formula is C23H31BrN2O3. The lowest BCUT2D eigenvalue weighted by atomic mass is 9.72. The molecule has 2 aliphatic carbocycles. The van der Waals surface area contributed by atoms with Gasteiger partial charge in [-0.1, -0.05) is 25.5 Å². The van der Waals surface area contributed by atoms with Gasteiger partial charge in [0.05, 0.1) is 12.0 Å². The zero-order valence-corrected chi connectivity index (χ0v) is 18.7. The van der Waals surface area contributed by atoms with Crippen LogP contribution in [0.25, 0.3) is 10.9 Å². The third kappa shape index (κ3) is 3.64. The number of benzene rings is 1. The van der Waals surface area contributed by atoms with E-state index in [1.807, 2.05) is 0 Å². The minimum absolute atomic E-state index is 0. The molecule has 2 aromatic rings. The third-order valence-electron chi connectivity index (χ3n) is 7.25. The van der Waals surface area contributed by atoms with E-state index in [0.717, 1.165) is 51.6 Å². The number of aliphatic hydroxyl groups excluding tert-OH is 1. The second-order valence-corrected chi connectivity index (χ2v) is 8.81. The first kappa shape index (κ1) is 20.9. The van der Waals surface area contributed by atoms with Gasteiger partial charge in [0.1, 0.15) is 6.10 Å². The van der Waals surface area contributed by atoms with Crippen molar-refractivity contribution in [2.45, 2.75) is 69.6 Å². The molecule has 2 heterocycles. The number of carbonyl (C=O) groups is 1. The standard InChI is InChI=1S/C23H30N2O3.BrH/c1-2-25-13-15(23(27)28-21-9-4-3-8-20(21)26)10-17-16-6-5-7-18-22(16)14(12-24-18)11-19(17)25;/h5-7,12,15,17,19-21,24,26H,2-4,8-11,13H2,1H3;1H/t15?,17?,19-,20?,21?;/m1./s1. The molecule has 1 aromatic heterocycles. The number of H-pyrrole nitrogens is 1. The van der Waals surface area contributed by atoms with Crippen LogP contribution in [0.1, 0.15) is 56.1 Å². The lowest BCUT2D eigenvalue weighted by Crippen LogP contribution is -2.52. The van der Waals surface area contributed by atoms with Gasteiger partial charge in [-0.3, -0.25) is 9.69 Å². The third-order valence-corrected chi connectivity index (χ3v) is 7.25. The molecule has 0 radical (unpaired) electrons. The number of carbonyl (C=O) groups excluding carboxylic acids is 1. The van der Waals surface area contributed by atoms with E-state index in [4.69, 9.17) is 4.74 Å². The van der Waals surface area contributed by atoms with Crippen molar-refractivity contribution in [3.8, 4) is 0 Å². The fourth-order valence-electron chi connectivity index (χ4n) is 5.79. The minimum atomic E-state index is -0.498. The Labute approximate surface area is 182 Å². The van der Waals surface area contributed by atoms with Gasteiger partial charge >= 0.3 is 5.97 Å². The molecule has 158 valence electrons. The zero-order valence-electron chi connectivity index (χ0n) is 17.0. The summed E-state index contributed by atoms with van der Waals surface area (Å²) in [6, 6.07) is 6.95. The Morgan fingerprint density at radius 3 is 2.93 bits per heavy atom. The molecule has 6 heteroatoms. The Kier molecular flexibility index (Phi) is 6.05. The Morgan fingerprint density at radius 2 is 2.14 bits per heavy atom. The second kappa shape index (κ2) is 8.40. The van der Waals surface area contributed by atoms with Crippen LogP contribution in [0.5, 0.6) is 0 Å². The van der Waals surface area contributed by atoms with Gasteiger partial charge in [0.2, 0.25) is 0 Å². The van der Waals surface area contributed by atoms with Crippen LogP contribution < -0.4 is 0 Å². The summed E-state index contributed by atoms with van der Waals surface area (Å²) in [5.41, 5.74) is 3.97. The largest absolute Gasteiger partial charge is 0.459 e. The first-order valence-corrected chi connectivity index (χ1v) is 10.9. The van der Waals surface area contributed by atoms with Gasteiger partial charge in [-0.05, 0) is 55.8 Å². The molecule has 5 nitrogen and oxygen atoms in total. The van der Waals surface area contributed by atoms with E-state index in [1.165, 1.54) is 22.0 Å². The zero-order chi connectivity index (χ0) is 19.3. The molecule has 1 aliphatic heterocycles. The quantitative estimate of drug-likeness (QED) is 0.677. The van der Waals surface area contributed by atoms with E-state index in [2.05, 4.69) is 41.2 Å². The maximum Gasteiger partial charge on any atom is 0.310 e. The maximum absolute atomic E-state index is 13.0. The van der Waals surface area contributed by atoms with Crippen LogP contribution in [0.2, 0.25) is 0 Å². The summed E-state index contributed by atoms with van der Waals surface area (Å²) in [5, 5.41) is 11.6. The minimum Gasteiger partial charge on any atom is -0.459 e. The molecule has 5 atom stereocenters. The summed E-state index contributed by atoms with van der Waals surface area (Å²) in [6.07, 6.45) is 6.80. The summed E-state index contributed by atoms with van der Waals surface area (Å²) >= 11 is 0. The highest BCUT2D eigenvalue weighted by atomic mass is 79.9. The second-order valence-electron chi connectivity index (χ2n) is 8.81. The van der Waals surface area contributed by atoms with Crippen LogP contribution in [0.4, 0.5) is 0 Å². The highest BCUT2D eigenvalue weighted by Crippen LogP contribution is 2.45. The van der Waals surface area contributed by atoms with Gasteiger partial charge < -0.3 is 14.8 Å². The van der Waals surface area contributed by atoms with Gasteiger partial charge in [-0.2, -0.15) is 0 Å². The number of rotatable bonds is 3. The molecule has 4 unspecified atom stereocenters. The normalized spacial score (nSPS) is 31.7. The molecule has 1 saturated heterocycles. The molecule has 0 amide bonds. The first-order chi connectivity index (χ1) is 13.7. The number of aromatic nitrogens is 1. The number of piperidine rings is 1. The first-order valence-electron chi connectivity index (χ1n) is 10.9. The molecular weight excluding hydrogens is 432 g/mol. The predicted molar refractivity (Wildman–Crippen MR) is 119 cm³/mol. The molecule has 1 aromatic carbocycles. The van der Waals surface area contributed by atoms with Crippen LogP contribution in [-0.2, 0) is 16.0 Å². The van der Waals surface area contributed by atoms with Crippen molar-refractivity contribution in [2.75, 3.05) is 13.1 Å². The number of esters is 1. The SMILES string of the molecule is Br.CCN1CC(C(=O)OC2CCCCC2O)CC2c3cccc4[nH]cc(c34)C[C@H]21. The van der Waals surface area contributed by atoms with Crippen molar-refractivity contribution < 1.29 is 14.6 Å². The van der Waals surface area contributed by atoms with Crippen molar-refractivity contribution >= 4 is 33.9 Å². The number of likely N-dealkylation sites (tertiary alicyclic amines) is 1. The highest BCUT2D eigenvalue weighted by Gasteiger charge is 2.43. The number of fused-ring (bicyclic) bond motifs is 2. The van der Waals surface area contributed by atoms with Crippen LogP contribution in [0.3, 0.4) is 0 Å². The molecule has 2 fully saturated rings. The topological polar surface area (TPSA) is 65.6 Å². The van der Waals surface area contributed by atoms with Crippen molar-refractivity contribution in [3.63, 3.8) is 0 Å². The van der Waals surface area contributed by atoms with Crippen LogP contribution in [0, 0.1) is 5.92 Å². The molecule has 2 N–H and O–H groups in total. The van der Waals surface area contributed by atoms with Crippen LogP contribution >= 0.6 is 17.0 Å². The summed E-state index contributed by atoms with van der Waals surface area (Å²) in [4.78, 5) is 18.9. The average Bonchev–Trinajstić information content (AvgIpc) is 3.13. The lowest BCUT2D eigenvalue weighted by Gasteiger charge is -2.46. The van der Waals surface area contributed by atoms with E-state index in [9.17, 15) is 9.90 Å². The molecule has 5 rings (SSSR count). The number of aliphatic hydroxyl groups is 1. The Bertz CT molecular complexity index is 882. The number of aromatic amines is 1. The van der Waals surface area contributed by atoms with Gasteiger partial charge in [0, 0.05) is 35.6 Å². The fraction of sp³-hybridized carbons (Fsp3) is 0.609. The number of hydrogen-bond acceptors (Lipinski definition) is 4. The van der Waals surface area contributed by atoms with Gasteiger partial charge in [-0.25, -0.2) is 0 Å². The molecule has 0 bridgehead atoms. The number of ether oxygens (including phenoxy) is 1. The van der Waals surface area contributed by atoms with Gasteiger partial charge in [-0.15, -0.1) is 17.0 Å². The molecule has 29 heavy (non-hydrogen) atoms. The van der Waals surface area contributed by atoms with E-state index in [1.54, 1.807) is 0 Å². The fourth-order valence-corrected chi connectivity index (χ4v) is 5.79. The van der Waals surface area contributed by atoms with E-state index >= 15 is 0 Å². The van der Waals surface area contributed by atoms with Crippen molar-refractivity contribution in [1.82, 2.24) is 9.88 Å². The number of likely N-dealkylation sites (N-methyl/N-ethyl adjacent to an activating group) is 1. The lowest BCUT2D eigenvalue weighted by molar-refractivity contribution is -0.165. The number of nitrogens with one attached hydrogen (secondary N) is 1. The van der Waals surface area contributed by atoms with Crippen LogP contribution in [-0.4, -0.2) is 52.3 Å². The maximum atomic E-state index is 13.0. The van der Waals surface area contributed by atoms with E-state index in [0.29, 0.717) is 12.0 Å². The summed E-state index contributed by atoms with van der Waals surface area (Å²) in [6.45, 7) is 3.88. The number of halogens is 1. The van der Waals surface area contributed by atoms with E-state index < -0.39 is 6.10 Å². The van der Waals surface area contributed by atoms with Crippen LogP contribution in [0.15, 0.2) is 24.4 Å². The Hall–Kier alpha value is -1.37. The van der Waals surface area contributed by atoms with E-state index in [-0.39, 0.29) is 35.0 Å². The monoisotopic (exact) mass is 462 g/mol. The van der Waals surface area contributed by atoms with Crippen molar-refractivity contribution in [3.05, 3.63) is 35.5 Å². The summed E-state index contributed by atoms with van der Waals surface area (Å²) in [5.74, 6) is 0.121. The van der Waals surface area contributed by atoms with Gasteiger partial charge in [0.15, 0.2) is 0 Å². The molecule has 1 saturated carbocycles. The average molecular weight is 463 g/mol. The highest BCUT2D eigenvalue weighted by molar-refractivity contribution is 8.93.